The van der Waals surface area contributed by atoms with Gasteiger partial charge in [-0.25, -0.2) is 0 Å². The smallest absolute Gasteiger partial charge is 0.134 e. The quantitative estimate of drug-likeness (QED) is 0.672. The molecule has 0 aliphatic carbocycles. The van der Waals surface area contributed by atoms with Gasteiger partial charge in [-0.05, 0) is 13.0 Å². The molecule has 13 heavy (non-hydrogen) atoms. The average molecular weight is 173 g/mol. The van der Waals surface area contributed by atoms with Crippen molar-refractivity contribution in [2.75, 3.05) is 6.54 Å². The minimum atomic E-state index is 0.531. The normalized spacial score (nSPS) is 20.8. The van der Waals surface area contributed by atoms with Gasteiger partial charge >= 0.3 is 0 Å². The van der Waals surface area contributed by atoms with Crippen LogP contribution in [-0.4, -0.2) is 6.54 Å². The third-order valence-corrected chi connectivity index (χ3v) is 2.58. The van der Waals surface area contributed by atoms with Crippen molar-refractivity contribution < 1.29 is 4.42 Å². The maximum Gasteiger partial charge on any atom is 0.134 e. The molecule has 1 N–H and O–H groups in total. The van der Waals surface area contributed by atoms with Crippen molar-refractivity contribution in [1.29, 1.82) is 0 Å². The van der Waals surface area contributed by atoms with Crippen molar-refractivity contribution in [3.63, 3.8) is 0 Å². The van der Waals surface area contributed by atoms with Crippen LogP contribution in [-0.2, 0) is 0 Å². The highest BCUT2D eigenvalue weighted by atomic mass is 16.3. The Hall–Kier alpha value is -1.28. The van der Waals surface area contributed by atoms with Gasteiger partial charge < -0.3 is 9.73 Å². The third kappa shape index (κ3) is 0.988. The summed E-state index contributed by atoms with van der Waals surface area (Å²) in [5.74, 6) is 1.05. The van der Waals surface area contributed by atoms with Gasteiger partial charge in [0.15, 0.2) is 0 Å². The molecule has 1 aliphatic rings. The molecule has 1 atom stereocenters. The first kappa shape index (κ1) is 7.15. The van der Waals surface area contributed by atoms with E-state index >= 15 is 0 Å². The maximum atomic E-state index is 5.66. The monoisotopic (exact) mass is 173 g/mol. The molecule has 1 aromatic carbocycles. The van der Waals surface area contributed by atoms with Crippen molar-refractivity contribution in [2.45, 2.75) is 13.0 Å². The molecular formula is C11H11NO. The second-order valence-corrected chi connectivity index (χ2v) is 3.53. The zero-order valence-electron chi connectivity index (χ0n) is 7.50. The summed E-state index contributed by atoms with van der Waals surface area (Å²) in [6.07, 6.45) is 0. The number of furan rings is 1. The van der Waals surface area contributed by atoms with Crippen molar-refractivity contribution in [3.05, 3.63) is 35.6 Å². The SMILES string of the molecule is Cc1oc2ccccc2c1[C@H]1CN1. The van der Waals surface area contributed by atoms with Crippen molar-refractivity contribution in [2.24, 2.45) is 0 Å². The average Bonchev–Trinajstić information content (AvgIpc) is 2.88. The standard InChI is InChI=1S/C11H11NO/c1-7-11(9-6-12-9)8-4-2-3-5-10(8)13-7/h2-5,9,12H,6H2,1H3/t9-/m1/s1. The van der Waals surface area contributed by atoms with E-state index in [1.807, 2.05) is 19.1 Å². The Morgan fingerprint density at radius 2 is 2.15 bits per heavy atom. The number of aryl methyl sites for hydroxylation is 1. The summed E-state index contributed by atoms with van der Waals surface area (Å²) < 4.78 is 5.66. The molecule has 1 aliphatic heterocycles. The molecule has 66 valence electrons. The van der Waals surface area contributed by atoms with Crippen LogP contribution >= 0.6 is 0 Å². The first-order valence-corrected chi connectivity index (χ1v) is 4.57. The minimum absolute atomic E-state index is 0.531. The summed E-state index contributed by atoms with van der Waals surface area (Å²) in [5, 5.41) is 4.57. The van der Waals surface area contributed by atoms with E-state index in [4.69, 9.17) is 4.42 Å². The van der Waals surface area contributed by atoms with Gasteiger partial charge in [-0.15, -0.1) is 0 Å². The zero-order valence-corrected chi connectivity index (χ0v) is 7.50. The zero-order chi connectivity index (χ0) is 8.84. The van der Waals surface area contributed by atoms with E-state index in [0.29, 0.717) is 6.04 Å². The highest BCUT2D eigenvalue weighted by molar-refractivity contribution is 5.83. The van der Waals surface area contributed by atoms with Gasteiger partial charge in [0, 0.05) is 23.5 Å². The topological polar surface area (TPSA) is 35.1 Å². The van der Waals surface area contributed by atoms with E-state index in [0.717, 1.165) is 17.9 Å². The van der Waals surface area contributed by atoms with Gasteiger partial charge in [0.05, 0.1) is 0 Å². The molecule has 3 rings (SSSR count). The third-order valence-electron chi connectivity index (χ3n) is 2.58. The second-order valence-electron chi connectivity index (χ2n) is 3.53. The van der Waals surface area contributed by atoms with E-state index < -0.39 is 0 Å². The van der Waals surface area contributed by atoms with Crippen LogP contribution in [0.1, 0.15) is 17.4 Å². The van der Waals surface area contributed by atoms with Crippen molar-refractivity contribution in [1.82, 2.24) is 5.32 Å². The molecule has 0 unspecified atom stereocenters. The molecule has 1 aromatic heterocycles. The van der Waals surface area contributed by atoms with E-state index in [2.05, 4.69) is 17.4 Å². The van der Waals surface area contributed by atoms with Gasteiger partial charge in [-0.2, -0.15) is 0 Å². The molecule has 2 nitrogen and oxygen atoms in total. The predicted octanol–water partition coefficient (Wildman–Crippen LogP) is 2.39. The number of benzene rings is 1. The summed E-state index contributed by atoms with van der Waals surface area (Å²) in [6.45, 7) is 3.12. The van der Waals surface area contributed by atoms with Crippen LogP contribution in [0.25, 0.3) is 11.0 Å². The van der Waals surface area contributed by atoms with Gasteiger partial charge in [0.2, 0.25) is 0 Å². The number of para-hydroxylation sites is 1. The van der Waals surface area contributed by atoms with Gasteiger partial charge in [-0.3, -0.25) is 0 Å². The molecule has 0 amide bonds. The predicted molar refractivity (Wildman–Crippen MR) is 51.7 cm³/mol. The molecule has 1 saturated heterocycles. The molecule has 0 radical (unpaired) electrons. The number of hydrogen-bond acceptors (Lipinski definition) is 2. The Kier molecular flexibility index (Phi) is 1.30. The Bertz CT molecular complexity index is 454. The van der Waals surface area contributed by atoms with Crippen LogP contribution in [0.5, 0.6) is 0 Å². The van der Waals surface area contributed by atoms with E-state index in [9.17, 15) is 0 Å². The number of fused-ring (bicyclic) bond motifs is 1. The highest BCUT2D eigenvalue weighted by Gasteiger charge is 2.28. The van der Waals surface area contributed by atoms with Crippen LogP contribution in [0, 0.1) is 6.92 Å². The molecule has 0 bridgehead atoms. The molecule has 2 heteroatoms. The number of rotatable bonds is 1. The van der Waals surface area contributed by atoms with E-state index in [-0.39, 0.29) is 0 Å². The van der Waals surface area contributed by atoms with Gasteiger partial charge in [-0.1, -0.05) is 18.2 Å². The number of hydrogen-bond donors (Lipinski definition) is 1. The summed E-state index contributed by atoms with van der Waals surface area (Å²) in [4.78, 5) is 0. The first-order valence-electron chi connectivity index (χ1n) is 4.57. The Morgan fingerprint density at radius 3 is 2.92 bits per heavy atom. The lowest BCUT2D eigenvalue weighted by molar-refractivity contribution is 0.572. The van der Waals surface area contributed by atoms with Crippen LogP contribution in [0.3, 0.4) is 0 Å². The fourth-order valence-electron chi connectivity index (χ4n) is 1.88. The van der Waals surface area contributed by atoms with Crippen LogP contribution < -0.4 is 5.32 Å². The second kappa shape index (κ2) is 2.36. The Labute approximate surface area is 76.5 Å². The Balaban J connectivity index is 2.35. The fourth-order valence-corrected chi connectivity index (χ4v) is 1.88. The van der Waals surface area contributed by atoms with Crippen molar-refractivity contribution >= 4 is 11.0 Å². The summed E-state index contributed by atoms with van der Waals surface area (Å²) in [7, 11) is 0. The molecule has 2 aromatic rings. The highest BCUT2D eigenvalue weighted by Crippen LogP contribution is 2.34. The molecule has 1 fully saturated rings. The minimum Gasteiger partial charge on any atom is -0.461 e. The number of nitrogens with one attached hydrogen (secondary N) is 1. The van der Waals surface area contributed by atoms with Gasteiger partial charge in [0.25, 0.3) is 0 Å². The lowest BCUT2D eigenvalue weighted by Crippen LogP contribution is -1.83. The van der Waals surface area contributed by atoms with E-state index in [1.54, 1.807) is 0 Å². The fraction of sp³-hybridized carbons (Fsp3) is 0.273. The van der Waals surface area contributed by atoms with Crippen LogP contribution in [0.4, 0.5) is 0 Å². The maximum absolute atomic E-state index is 5.66. The van der Waals surface area contributed by atoms with Crippen LogP contribution in [0.2, 0.25) is 0 Å². The van der Waals surface area contributed by atoms with Crippen molar-refractivity contribution in [3.8, 4) is 0 Å². The summed E-state index contributed by atoms with van der Waals surface area (Å²) in [5.41, 5.74) is 2.35. The summed E-state index contributed by atoms with van der Waals surface area (Å²) >= 11 is 0. The lowest BCUT2D eigenvalue weighted by Gasteiger charge is -1.92. The molecule has 0 spiro atoms. The first-order chi connectivity index (χ1) is 6.36. The molecular weight excluding hydrogens is 162 g/mol. The van der Waals surface area contributed by atoms with Crippen LogP contribution in [0.15, 0.2) is 28.7 Å². The lowest BCUT2D eigenvalue weighted by atomic mass is 10.1. The molecule has 2 heterocycles. The van der Waals surface area contributed by atoms with Gasteiger partial charge in [0.1, 0.15) is 11.3 Å². The summed E-state index contributed by atoms with van der Waals surface area (Å²) in [6, 6.07) is 8.75. The largest absolute Gasteiger partial charge is 0.461 e. The van der Waals surface area contributed by atoms with E-state index in [1.165, 1.54) is 10.9 Å². The Morgan fingerprint density at radius 1 is 1.38 bits per heavy atom. The molecule has 0 saturated carbocycles.